The van der Waals surface area contributed by atoms with Crippen molar-refractivity contribution in [1.82, 2.24) is 24.9 Å². The highest BCUT2D eigenvalue weighted by molar-refractivity contribution is 7.99. The van der Waals surface area contributed by atoms with Crippen LogP contribution >= 0.6 is 11.8 Å². The van der Waals surface area contributed by atoms with E-state index in [9.17, 15) is 9.59 Å². The van der Waals surface area contributed by atoms with Crippen LogP contribution in [0.1, 0.15) is 36.9 Å². The maximum atomic E-state index is 12.1. The van der Waals surface area contributed by atoms with Crippen molar-refractivity contribution in [3.05, 3.63) is 21.6 Å². The van der Waals surface area contributed by atoms with Gasteiger partial charge in [-0.05, 0) is 38.5 Å². The number of fused-ring (bicyclic) bond motifs is 3. The molecule has 2 aromatic rings. The van der Waals surface area contributed by atoms with Crippen molar-refractivity contribution >= 4 is 23.4 Å². The first-order valence-corrected chi connectivity index (χ1v) is 9.71. The quantitative estimate of drug-likeness (QED) is 0.758. The molecule has 1 atom stereocenters. The zero-order chi connectivity index (χ0) is 17.2. The smallest absolute Gasteiger partial charge is 0.255 e. The third-order valence-corrected chi connectivity index (χ3v) is 5.65. The first-order valence-electron chi connectivity index (χ1n) is 8.72. The number of carbonyl (C=O) groups excluding carboxylic acids is 1. The number of aromatic nitrogens is 4. The topological polar surface area (TPSA) is 101 Å². The van der Waals surface area contributed by atoms with Gasteiger partial charge in [-0.15, -0.1) is 10.2 Å². The van der Waals surface area contributed by atoms with E-state index in [1.54, 1.807) is 0 Å². The SMILES string of the molecule is O=C(CSc1nnc2[nH]c(=O)c3c(n12)CCCC3)NCC1CCCO1. The summed E-state index contributed by atoms with van der Waals surface area (Å²) in [5, 5.41) is 11.8. The molecule has 2 N–H and O–H groups in total. The van der Waals surface area contributed by atoms with Crippen molar-refractivity contribution in [2.24, 2.45) is 0 Å². The number of nitrogens with one attached hydrogen (secondary N) is 2. The minimum atomic E-state index is -0.0690. The van der Waals surface area contributed by atoms with Gasteiger partial charge in [0.1, 0.15) is 0 Å². The fourth-order valence-corrected chi connectivity index (χ4v) is 4.25. The van der Waals surface area contributed by atoms with Crippen LogP contribution in [-0.2, 0) is 22.4 Å². The number of nitrogens with zero attached hydrogens (tertiary/aromatic N) is 3. The molecule has 0 saturated carbocycles. The standard InChI is InChI=1S/C16H21N5O3S/c22-13(17-8-10-4-3-7-24-10)9-25-16-20-19-15-18-14(23)11-5-1-2-6-12(11)21(15)16/h10H,1-9H2,(H,17,22)(H,18,19,23). The number of hydrogen-bond acceptors (Lipinski definition) is 6. The zero-order valence-corrected chi connectivity index (χ0v) is 14.7. The predicted octanol–water partition coefficient (Wildman–Crippen LogP) is 0.684. The van der Waals surface area contributed by atoms with E-state index in [0.29, 0.717) is 17.5 Å². The minimum Gasteiger partial charge on any atom is -0.376 e. The van der Waals surface area contributed by atoms with E-state index in [-0.39, 0.29) is 23.3 Å². The van der Waals surface area contributed by atoms with E-state index < -0.39 is 0 Å². The van der Waals surface area contributed by atoms with Crippen LogP contribution < -0.4 is 10.9 Å². The number of H-pyrrole nitrogens is 1. The molecule has 1 aliphatic carbocycles. The normalized spacial score (nSPS) is 19.9. The summed E-state index contributed by atoms with van der Waals surface area (Å²) in [7, 11) is 0. The minimum absolute atomic E-state index is 0.0458. The molecule has 0 spiro atoms. The molecule has 2 aliphatic rings. The third-order valence-electron chi connectivity index (χ3n) is 4.72. The van der Waals surface area contributed by atoms with Crippen LogP contribution in [0.5, 0.6) is 0 Å². The molecule has 0 aromatic carbocycles. The molecule has 2 aromatic heterocycles. The van der Waals surface area contributed by atoms with E-state index in [4.69, 9.17) is 4.74 Å². The van der Waals surface area contributed by atoms with Gasteiger partial charge in [-0.25, -0.2) is 0 Å². The Morgan fingerprint density at radius 3 is 3.04 bits per heavy atom. The largest absolute Gasteiger partial charge is 0.376 e. The number of carbonyl (C=O) groups is 1. The van der Waals surface area contributed by atoms with Gasteiger partial charge in [0.2, 0.25) is 11.7 Å². The Kier molecular flexibility index (Phi) is 4.76. The second kappa shape index (κ2) is 7.17. The maximum Gasteiger partial charge on any atom is 0.255 e. The number of thioether (sulfide) groups is 1. The van der Waals surface area contributed by atoms with Gasteiger partial charge < -0.3 is 10.1 Å². The number of aromatic amines is 1. The lowest BCUT2D eigenvalue weighted by Gasteiger charge is -2.16. The lowest BCUT2D eigenvalue weighted by Crippen LogP contribution is -2.33. The van der Waals surface area contributed by atoms with Crippen LogP contribution in [0.4, 0.5) is 0 Å². The molecule has 8 nitrogen and oxygen atoms in total. The van der Waals surface area contributed by atoms with E-state index >= 15 is 0 Å². The first-order chi connectivity index (χ1) is 12.2. The second-order valence-corrected chi connectivity index (χ2v) is 7.40. The van der Waals surface area contributed by atoms with Gasteiger partial charge in [0.15, 0.2) is 5.16 Å². The van der Waals surface area contributed by atoms with Gasteiger partial charge in [-0.3, -0.25) is 19.0 Å². The Bertz CT molecular complexity index is 840. The second-order valence-electron chi connectivity index (χ2n) is 6.46. The molecule has 4 rings (SSSR count). The molecule has 3 heterocycles. The average Bonchev–Trinajstić information content (AvgIpc) is 3.28. The van der Waals surface area contributed by atoms with Crippen LogP contribution in [0, 0.1) is 0 Å². The van der Waals surface area contributed by atoms with E-state index in [0.717, 1.165) is 56.4 Å². The molecule has 25 heavy (non-hydrogen) atoms. The van der Waals surface area contributed by atoms with Crippen LogP contribution in [0.15, 0.2) is 9.95 Å². The molecule has 1 aliphatic heterocycles. The van der Waals surface area contributed by atoms with Crippen LogP contribution in [0.25, 0.3) is 5.78 Å². The average molecular weight is 363 g/mol. The van der Waals surface area contributed by atoms with Crippen LogP contribution in [-0.4, -0.2) is 50.5 Å². The summed E-state index contributed by atoms with van der Waals surface area (Å²) >= 11 is 1.34. The summed E-state index contributed by atoms with van der Waals surface area (Å²) in [5.41, 5.74) is 1.74. The Labute approximate surface area is 148 Å². The lowest BCUT2D eigenvalue weighted by molar-refractivity contribution is -0.119. The summed E-state index contributed by atoms with van der Waals surface area (Å²) in [6.07, 6.45) is 5.90. The first kappa shape index (κ1) is 16.6. The summed E-state index contributed by atoms with van der Waals surface area (Å²) in [4.78, 5) is 27.0. The van der Waals surface area contributed by atoms with Crippen molar-refractivity contribution in [2.45, 2.75) is 49.8 Å². The van der Waals surface area contributed by atoms with Crippen molar-refractivity contribution in [1.29, 1.82) is 0 Å². The highest BCUT2D eigenvalue weighted by Gasteiger charge is 2.21. The number of aryl methyl sites for hydroxylation is 1. The summed E-state index contributed by atoms with van der Waals surface area (Å²) in [5.74, 6) is 0.671. The molecule has 1 fully saturated rings. The highest BCUT2D eigenvalue weighted by Crippen LogP contribution is 2.23. The van der Waals surface area contributed by atoms with Crippen LogP contribution in [0.2, 0.25) is 0 Å². The monoisotopic (exact) mass is 363 g/mol. The fraction of sp³-hybridized carbons (Fsp3) is 0.625. The molecule has 1 saturated heterocycles. The lowest BCUT2D eigenvalue weighted by atomic mass is 9.97. The summed E-state index contributed by atoms with van der Waals surface area (Å²) in [6, 6.07) is 0. The molecule has 0 radical (unpaired) electrons. The Hall–Kier alpha value is -1.87. The molecule has 1 unspecified atom stereocenters. The molecular formula is C16H21N5O3S. The zero-order valence-electron chi connectivity index (χ0n) is 13.9. The van der Waals surface area contributed by atoms with Gasteiger partial charge in [0.25, 0.3) is 5.56 Å². The number of hydrogen-bond donors (Lipinski definition) is 2. The maximum absolute atomic E-state index is 12.1. The van der Waals surface area contributed by atoms with Gasteiger partial charge in [0, 0.05) is 24.4 Å². The molecule has 9 heteroatoms. The number of rotatable bonds is 5. The summed E-state index contributed by atoms with van der Waals surface area (Å²) < 4.78 is 7.40. The van der Waals surface area contributed by atoms with Gasteiger partial charge in [-0.1, -0.05) is 11.8 Å². The van der Waals surface area contributed by atoms with Gasteiger partial charge in [0.05, 0.1) is 11.9 Å². The third kappa shape index (κ3) is 3.43. The fourth-order valence-electron chi connectivity index (χ4n) is 3.46. The number of ether oxygens (including phenoxy) is 1. The van der Waals surface area contributed by atoms with Gasteiger partial charge in [-0.2, -0.15) is 0 Å². The molecule has 134 valence electrons. The Morgan fingerprint density at radius 1 is 1.32 bits per heavy atom. The molecular weight excluding hydrogens is 342 g/mol. The van der Waals surface area contributed by atoms with Crippen molar-refractivity contribution in [3.63, 3.8) is 0 Å². The van der Waals surface area contributed by atoms with Crippen molar-refractivity contribution < 1.29 is 9.53 Å². The van der Waals surface area contributed by atoms with E-state index in [1.165, 1.54) is 11.8 Å². The highest BCUT2D eigenvalue weighted by atomic mass is 32.2. The summed E-state index contributed by atoms with van der Waals surface area (Å²) in [6.45, 7) is 1.34. The van der Waals surface area contributed by atoms with E-state index in [2.05, 4.69) is 20.5 Å². The molecule has 0 bridgehead atoms. The van der Waals surface area contributed by atoms with E-state index in [1.807, 2.05) is 4.40 Å². The van der Waals surface area contributed by atoms with Crippen molar-refractivity contribution in [2.75, 3.05) is 18.9 Å². The van der Waals surface area contributed by atoms with Gasteiger partial charge >= 0.3 is 0 Å². The van der Waals surface area contributed by atoms with Crippen LogP contribution in [0.3, 0.4) is 0 Å². The van der Waals surface area contributed by atoms with Crippen molar-refractivity contribution in [3.8, 4) is 0 Å². The Morgan fingerprint density at radius 2 is 2.20 bits per heavy atom. The predicted molar refractivity (Wildman–Crippen MR) is 93.0 cm³/mol. The molecule has 1 amide bonds. The number of amides is 1. The Balaban J connectivity index is 1.46.